The summed E-state index contributed by atoms with van der Waals surface area (Å²) < 4.78 is 71.9. The van der Waals surface area contributed by atoms with Crippen molar-refractivity contribution in [1.29, 1.82) is 0 Å². The Hall–Kier alpha value is -8.14. The summed E-state index contributed by atoms with van der Waals surface area (Å²) in [4.78, 5) is 4.40. The van der Waals surface area contributed by atoms with E-state index in [1.807, 2.05) is 109 Å². The van der Waals surface area contributed by atoms with Crippen molar-refractivity contribution >= 4 is 66.8 Å². The van der Waals surface area contributed by atoms with E-state index >= 15 is 0 Å². The van der Waals surface area contributed by atoms with Crippen LogP contribution in [0.15, 0.2) is 247 Å². The van der Waals surface area contributed by atoms with Crippen LogP contribution in [0.5, 0.6) is 0 Å². The monoisotopic (exact) mass is 799 g/mol. The molecular formula is C59H40N2O. The average Bonchev–Trinajstić information content (AvgIpc) is 3.91. The van der Waals surface area contributed by atoms with Crippen LogP contribution in [0.2, 0.25) is 0 Å². The molecule has 3 heteroatoms. The van der Waals surface area contributed by atoms with Crippen LogP contribution in [0.25, 0.3) is 43.8 Å². The molecule has 0 bridgehead atoms. The molecule has 11 aromatic rings. The van der Waals surface area contributed by atoms with Gasteiger partial charge in [0.25, 0.3) is 0 Å². The number of hydrogen-bond acceptors (Lipinski definition) is 3. The molecule has 10 aromatic carbocycles. The first-order valence-corrected chi connectivity index (χ1v) is 20.7. The van der Waals surface area contributed by atoms with Crippen LogP contribution in [0.4, 0.5) is 34.1 Å². The van der Waals surface area contributed by atoms with Crippen LogP contribution in [0.1, 0.15) is 31.8 Å². The first-order valence-electron chi connectivity index (χ1n) is 24.2. The van der Waals surface area contributed by atoms with Crippen molar-refractivity contribution in [3.05, 3.63) is 265 Å². The van der Waals surface area contributed by atoms with Gasteiger partial charge in [0, 0.05) is 44.9 Å². The second kappa shape index (κ2) is 14.5. The minimum absolute atomic E-state index is 0.0292. The molecule has 0 radical (unpaired) electrons. The largest absolute Gasteiger partial charge is 0.456 e. The molecule has 0 saturated carbocycles. The lowest BCUT2D eigenvalue weighted by molar-refractivity contribution is 0.668. The molecule has 292 valence electrons. The standard InChI is InChI=1S/C59H40N2O/c1-5-20-43(21-6-1)60(44-22-7-2-8-23-44)47-33-35-55-51(39-47)52-40-48(61(45-24-9-3-10-25-45)46-26-11-4-12-27-46)34-36-56(52)59(55,54-30-17-19-41-18-13-14-28-49(41)54)42-32-37-58-53(38-42)50-29-15-16-31-57(50)62-58/h1-40H/i13D,14D,17D,18D,19D,28D,30D. The zero-order valence-electron chi connectivity index (χ0n) is 40.4. The Kier molecular flexibility index (Phi) is 6.84. The van der Waals surface area contributed by atoms with Crippen molar-refractivity contribution < 1.29 is 14.0 Å². The summed E-state index contributed by atoms with van der Waals surface area (Å²) in [5, 5.41) is 1.64. The van der Waals surface area contributed by atoms with E-state index in [4.69, 9.17) is 7.16 Å². The third kappa shape index (κ3) is 5.59. The van der Waals surface area contributed by atoms with Gasteiger partial charge >= 0.3 is 0 Å². The number of furan rings is 1. The van der Waals surface area contributed by atoms with Crippen LogP contribution in [0, 0.1) is 0 Å². The normalized spacial score (nSPS) is 14.2. The van der Waals surface area contributed by atoms with Crippen molar-refractivity contribution in [2.24, 2.45) is 0 Å². The molecule has 0 saturated heterocycles. The Morgan fingerprint density at radius 3 is 1.40 bits per heavy atom. The van der Waals surface area contributed by atoms with E-state index in [0.29, 0.717) is 16.7 Å². The molecule has 0 aliphatic heterocycles. The van der Waals surface area contributed by atoms with E-state index in [1.54, 1.807) is 0 Å². The predicted octanol–water partition coefficient (Wildman–Crippen LogP) is 16.0. The number of benzene rings is 10. The maximum Gasteiger partial charge on any atom is 0.135 e. The second-order valence-corrected chi connectivity index (χ2v) is 15.5. The van der Waals surface area contributed by atoms with Crippen LogP contribution < -0.4 is 9.80 Å². The number of para-hydroxylation sites is 5. The molecule has 0 atom stereocenters. The Morgan fingerprint density at radius 1 is 0.355 bits per heavy atom. The van der Waals surface area contributed by atoms with E-state index in [0.717, 1.165) is 67.2 Å². The molecule has 1 aliphatic carbocycles. The molecular weight excluding hydrogens is 753 g/mol. The number of fused-ring (bicyclic) bond motifs is 7. The maximum atomic E-state index is 10.1. The van der Waals surface area contributed by atoms with Crippen molar-refractivity contribution in [2.45, 2.75) is 5.41 Å². The van der Waals surface area contributed by atoms with E-state index in [9.17, 15) is 6.85 Å². The van der Waals surface area contributed by atoms with Crippen LogP contribution in [-0.4, -0.2) is 0 Å². The summed E-state index contributed by atoms with van der Waals surface area (Å²) in [5.41, 5.74) is 9.42. The first kappa shape index (κ1) is 29.1. The number of rotatable bonds is 8. The molecule has 1 aromatic heterocycles. The van der Waals surface area contributed by atoms with Gasteiger partial charge in [-0.25, -0.2) is 0 Å². The summed E-state index contributed by atoms with van der Waals surface area (Å²) >= 11 is 0. The summed E-state index contributed by atoms with van der Waals surface area (Å²) in [7, 11) is 0. The van der Waals surface area contributed by atoms with Crippen molar-refractivity contribution in [3.63, 3.8) is 0 Å². The van der Waals surface area contributed by atoms with Gasteiger partial charge in [0.1, 0.15) is 11.2 Å². The predicted molar refractivity (Wildman–Crippen MR) is 258 cm³/mol. The van der Waals surface area contributed by atoms with Gasteiger partial charge in [0.15, 0.2) is 0 Å². The molecule has 0 spiro atoms. The summed E-state index contributed by atoms with van der Waals surface area (Å²) in [6, 6.07) is 64.1. The van der Waals surface area contributed by atoms with E-state index in [-0.39, 0.29) is 28.4 Å². The molecule has 0 fully saturated rings. The van der Waals surface area contributed by atoms with Crippen molar-refractivity contribution in [1.82, 2.24) is 0 Å². The zero-order valence-corrected chi connectivity index (χ0v) is 33.4. The van der Waals surface area contributed by atoms with Gasteiger partial charge in [0.2, 0.25) is 0 Å². The highest BCUT2D eigenvalue weighted by molar-refractivity contribution is 6.06. The highest BCUT2D eigenvalue weighted by Crippen LogP contribution is 2.59. The lowest BCUT2D eigenvalue weighted by Gasteiger charge is -2.35. The summed E-state index contributed by atoms with van der Waals surface area (Å²) in [5.74, 6) is 0. The number of hydrogen-bond donors (Lipinski definition) is 0. The molecule has 3 nitrogen and oxygen atoms in total. The third-order valence-electron chi connectivity index (χ3n) is 12.2. The summed E-state index contributed by atoms with van der Waals surface area (Å²) in [6.45, 7) is 0. The zero-order chi connectivity index (χ0) is 47.1. The van der Waals surface area contributed by atoms with Crippen LogP contribution in [-0.2, 0) is 5.41 Å². The molecule has 1 aliphatic rings. The topological polar surface area (TPSA) is 19.6 Å². The highest BCUT2D eigenvalue weighted by Gasteiger charge is 2.47. The highest BCUT2D eigenvalue weighted by atomic mass is 16.3. The van der Waals surface area contributed by atoms with E-state index in [1.165, 1.54) is 0 Å². The Balaban J connectivity index is 1.26. The van der Waals surface area contributed by atoms with E-state index in [2.05, 4.69) is 101 Å². The summed E-state index contributed by atoms with van der Waals surface area (Å²) in [6.07, 6.45) is 0. The molecule has 0 unspecified atom stereocenters. The maximum absolute atomic E-state index is 10.1. The molecule has 62 heavy (non-hydrogen) atoms. The smallest absolute Gasteiger partial charge is 0.135 e. The van der Waals surface area contributed by atoms with Crippen molar-refractivity contribution in [3.8, 4) is 11.1 Å². The lowest BCUT2D eigenvalue weighted by Crippen LogP contribution is -2.29. The molecule has 0 N–H and O–H groups in total. The molecule has 1 heterocycles. The minimum Gasteiger partial charge on any atom is -0.456 e. The molecule has 0 amide bonds. The average molecular weight is 800 g/mol. The van der Waals surface area contributed by atoms with E-state index < -0.39 is 35.6 Å². The second-order valence-electron chi connectivity index (χ2n) is 15.5. The van der Waals surface area contributed by atoms with Gasteiger partial charge in [0.05, 0.1) is 15.0 Å². The fourth-order valence-corrected chi connectivity index (χ4v) is 9.57. The lowest BCUT2D eigenvalue weighted by atomic mass is 9.66. The third-order valence-corrected chi connectivity index (χ3v) is 12.2. The van der Waals surface area contributed by atoms with Gasteiger partial charge in [-0.1, -0.05) is 151 Å². The Morgan fingerprint density at radius 2 is 0.839 bits per heavy atom. The van der Waals surface area contributed by atoms with Gasteiger partial charge in [-0.3, -0.25) is 0 Å². The van der Waals surface area contributed by atoms with Crippen LogP contribution in [0.3, 0.4) is 0 Å². The van der Waals surface area contributed by atoms with Crippen molar-refractivity contribution in [2.75, 3.05) is 9.80 Å². The Labute approximate surface area is 370 Å². The van der Waals surface area contributed by atoms with Gasteiger partial charge in [-0.2, -0.15) is 0 Å². The fourth-order valence-electron chi connectivity index (χ4n) is 9.57. The SMILES string of the molecule is [2H]c1c([2H])c([2H])c2c(C3(c4ccc5oc6ccccc6c5c4)c4ccc(N(c5ccccc5)c5ccccc5)cc4-c4cc(N(c5ccccc5)c5ccccc5)ccc43)c([2H])c([2H])c([2H])c2c1[2H]. The quantitative estimate of drug-likeness (QED) is 0.153. The first-order chi connectivity index (χ1) is 33.7. The van der Waals surface area contributed by atoms with Gasteiger partial charge in [-0.15, -0.1) is 0 Å². The molecule has 12 rings (SSSR count). The van der Waals surface area contributed by atoms with Gasteiger partial charge in [-0.05, 0) is 135 Å². The number of anilines is 6. The Bertz CT molecular complexity index is 3610. The number of nitrogens with zero attached hydrogens (tertiary/aromatic N) is 2. The van der Waals surface area contributed by atoms with Crippen LogP contribution >= 0.6 is 0 Å². The minimum atomic E-state index is -1.49. The fraction of sp³-hybridized carbons (Fsp3) is 0.0169. The van der Waals surface area contributed by atoms with Gasteiger partial charge < -0.3 is 14.2 Å².